The van der Waals surface area contributed by atoms with Crippen molar-refractivity contribution in [3.8, 4) is 0 Å². The summed E-state index contributed by atoms with van der Waals surface area (Å²) in [6, 6.07) is 1.39. The van der Waals surface area contributed by atoms with Crippen LogP contribution in [0.3, 0.4) is 0 Å². The van der Waals surface area contributed by atoms with Crippen LogP contribution in [0.5, 0.6) is 0 Å². The van der Waals surface area contributed by atoms with Gasteiger partial charge >= 0.3 is 5.97 Å². The van der Waals surface area contributed by atoms with Gasteiger partial charge in [-0.05, 0) is 31.2 Å². The second-order valence-electron chi connectivity index (χ2n) is 7.01. The smallest absolute Gasteiger partial charge is 0.339 e. The summed E-state index contributed by atoms with van der Waals surface area (Å²) in [5, 5.41) is 2.96. The number of amides is 2. The maximum Gasteiger partial charge on any atom is 0.339 e. The standard InChI is InChI=1S/C19H27N3O4/c1-13(2)6-8-22-9-7-16(4-5-17(22)23)21-18(24)14-10-15(12-20-11-14)19(25)26-3/h10-13,16H,4-9H2,1-3H3,(H,21,24). The van der Waals surface area contributed by atoms with Crippen LogP contribution in [-0.2, 0) is 9.53 Å². The van der Waals surface area contributed by atoms with E-state index in [1.54, 1.807) is 0 Å². The van der Waals surface area contributed by atoms with Crippen molar-refractivity contribution < 1.29 is 19.1 Å². The molecule has 1 unspecified atom stereocenters. The third-order valence-electron chi connectivity index (χ3n) is 4.54. The number of esters is 1. The van der Waals surface area contributed by atoms with Crippen molar-refractivity contribution in [2.24, 2.45) is 5.92 Å². The summed E-state index contributed by atoms with van der Waals surface area (Å²) >= 11 is 0. The van der Waals surface area contributed by atoms with Crippen LogP contribution in [0.4, 0.5) is 0 Å². The number of hydrogen-bond acceptors (Lipinski definition) is 5. The molecule has 1 aliphatic heterocycles. The molecule has 1 aromatic heterocycles. The van der Waals surface area contributed by atoms with Gasteiger partial charge < -0.3 is 15.0 Å². The second kappa shape index (κ2) is 9.31. The molecule has 1 saturated heterocycles. The number of carbonyl (C=O) groups is 3. The fourth-order valence-corrected chi connectivity index (χ4v) is 2.89. The Balaban J connectivity index is 1.95. The number of rotatable bonds is 6. The number of ether oxygens (including phenoxy) is 1. The largest absolute Gasteiger partial charge is 0.465 e. The Morgan fingerprint density at radius 1 is 1.31 bits per heavy atom. The Morgan fingerprint density at radius 2 is 2.04 bits per heavy atom. The van der Waals surface area contributed by atoms with Gasteiger partial charge in [-0.25, -0.2) is 4.79 Å². The normalized spacial score (nSPS) is 17.8. The second-order valence-corrected chi connectivity index (χ2v) is 7.01. The van der Waals surface area contributed by atoms with Crippen LogP contribution in [0, 0.1) is 5.92 Å². The summed E-state index contributed by atoms with van der Waals surface area (Å²) in [5.74, 6) is -0.128. The van der Waals surface area contributed by atoms with Crippen LogP contribution in [0.2, 0.25) is 0 Å². The molecule has 142 valence electrons. The fraction of sp³-hybridized carbons (Fsp3) is 0.579. The number of methoxy groups -OCH3 is 1. The zero-order valence-electron chi connectivity index (χ0n) is 15.7. The van der Waals surface area contributed by atoms with E-state index >= 15 is 0 Å². The van der Waals surface area contributed by atoms with Crippen molar-refractivity contribution in [1.82, 2.24) is 15.2 Å². The molecule has 7 nitrogen and oxygen atoms in total. The Kier molecular flexibility index (Phi) is 7.12. The van der Waals surface area contributed by atoms with Gasteiger partial charge in [0.1, 0.15) is 0 Å². The molecule has 0 aromatic carbocycles. The van der Waals surface area contributed by atoms with E-state index in [1.807, 2.05) is 4.90 Å². The van der Waals surface area contributed by atoms with E-state index in [0.717, 1.165) is 19.4 Å². The van der Waals surface area contributed by atoms with E-state index in [9.17, 15) is 14.4 Å². The molecule has 1 N–H and O–H groups in total. The summed E-state index contributed by atoms with van der Waals surface area (Å²) in [7, 11) is 1.28. The Bertz CT molecular complexity index is 660. The van der Waals surface area contributed by atoms with E-state index in [2.05, 4.69) is 28.9 Å². The van der Waals surface area contributed by atoms with Crippen molar-refractivity contribution in [3.05, 3.63) is 29.6 Å². The summed E-state index contributed by atoms with van der Waals surface area (Å²) in [6.07, 6.45) is 5.53. The highest BCUT2D eigenvalue weighted by molar-refractivity contribution is 5.97. The van der Waals surface area contributed by atoms with E-state index < -0.39 is 5.97 Å². The zero-order chi connectivity index (χ0) is 19.1. The van der Waals surface area contributed by atoms with E-state index in [1.165, 1.54) is 25.6 Å². The monoisotopic (exact) mass is 361 g/mol. The third-order valence-corrected chi connectivity index (χ3v) is 4.54. The number of aromatic nitrogens is 1. The molecule has 0 radical (unpaired) electrons. The van der Waals surface area contributed by atoms with E-state index in [0.29, 0.717) is 30.9 Å². The maximum absolute atomic E-state index is 12.5. The number of nitrogens with zero attached hydrogens (tertiary/aromatic N) is 2. The van der Waals surface area contributed by atoms with Crippen molar-refractivity contribution in [2.45, 2.75) is 45.6 Å². The number of hydrogen-bond donors (Lipinski definition) is 1. The average molecular weight is 361 g/mol. The number of carbonyl (C=O) groups excluding carboxylic acids is 3. The minimum atomic E-state index is -0.534. The summed E-state index contributed by atoms with van der Waals surface area (Å²) in [6.45, 7) is 5.70. The van der Waals surface area contributed by atoms with Gasteiger partial charge in [0.15, 0.2) is 0 Å². The van der Waals surface area contributed by atoms with Gasteiger partial charge in [-0.1, -0.05) is 13.8 Å². The molecule has 2 rings (SSSR count). The number of pyridine rings is 1. The summed E-state index contributed by atoms with van der Waals surface area (Å²) < 4.78 is 4.65. The van der Waals surface area contributed by atoms with Crippen molar-refractivity contribution >= 4 is 17.8 Å². The lowest BCUT2D eigenvalue weighted by Gasteiger charge is -2.22. The average Bonchev–Trinajstić information content (AvgIpc) is 2.81. The first-order chi connectivity index (χ1) is 12.4. The molecule has 0 aliphatic carbocycles. The van der Waals surface area contributed by atoms with Crippen LogP contribution in [-0.4, -0.2) is 53.9 Å². The summed E-state index contributed by atoms with van der Waals surface area (Å²) in [4.78, 5) is 42.1. The predicted molar refractivity (Wildman–Crippen MR) is 96.7 cm³/mol. The van der Waals surface area contributed by atoms with Gasteiger partial charge in [-0.2, -0.15) is 0 Å². The van der Waals surface area contributed by atoms with Crippen LogP contribution in [0.1, 0.15) is 60.2 Å². The molecule has 0 spiro atoms. The number of nitrogens with one attached hydrogen (secondary N) is 1. The van der Waals surface area contributed by atoms with Crippen molar-refractivity contribution in [2.75, 3.05) is 20.2 Å². The van der Waals surface area contributed by atoms with Gasteiger partial charge in [-0.15, -0.1) is 0 Å². The first kappa shape index (κ1) is 19.9. The lowest BCUT2D eigenvalue weighted by Crippen LogP contribution is -2.36. The van der Waals surface area contributed by atoms with Gasteiger partial charge in [0.05, 0.1) is 18.2 Å². The van der Waals surface area contributed by atoms with Gasteiger partial charge in [-0.3, -0.25) is 14.6 Å². The van der Waals surface area contributed by atoms with Crippen LogP contribution < -0.4 is 5.32 Å². The molecule has 1 fully saturated rings. The van der Waals surface area contributed by atoms with Crippen LogP contribution in [0.15, 0.2) is 18.5 Å². The molecule has 0 saturated carbocycles. The highest BCUT2D eigenvalue weighted by Gasteiger charge is 2.24. The minimum Gasteiger partial charge on any atom is -0.465 e. The minimum absolute atomic E-state index is 0.0720. The van der Waals surface area contributed by atoms with E-state index in [4.69, 9.17) is 0 Å². The molecular formula is C19H27N3O4. The lowest BCUT2D eigenvalue weighted by molar-refractivity contribution is -0.130. The molecule has 1 aliphatic rings. The first-order valence-corrected chi connectivity index (χ1v) is 9.02. The van der Waals surface area contributed by atoms with Crippen LogP contribution in [0.25, 0.3) is 0 Å². The van der Waals surface area contributed by atoms with Crippen LogP contribution >= 0.6 is 0 Å². The Labute approximate surface area is 154 Å². The third kappa shape index (κ3) is 5.54. The molecule has 2 amide bonds. The molecule has 1 atom stereocenters. The molecule has 26 heavy (non-hydrogen) atoms. The van der Waals surface area contributed by atoms with Gasteiger partial charge in [0.25, 0.3) is 5.91 Å². The molecule has 2 heterocycles. The van der Waals surface area contributed by atoms with E-state index in [-0.39, 0.29) is 23.4 Å². The highest BCUT2D eigenvalue weighted by atomic mass is 16.5. The quantitative estimate of drug-likeness (QED) is 0.783. The SMILES string of the molecule is COC(=O)c1cncc(C(=O)NC2CCC(=O)N(CCC(C)C)CC2)c1. The lowest BCUT2D eigenvalue weighted by atomic mass is 10.1. The van der Waals surface area contributed by atoms with Crippen molar-refractivity contribution in [3.63, 3.8) is 0 Å². The molecule has 1 aromatic rings. The number of likely N-dealkylation sites (tertiary alicyclic amines) is 1. The molecule has 0 bridgehead atoms. The Hall–Kier alpha value is -2.44. The fourth-order valence-electron chi connectivity index (χ4n) is 2.89. The van der Waals surface area contributed by atoms with Gasteiger partial charge in [0.2, 0.25) is 5.91 Å². The first-order valence-electron chi connectivity index (χ1n) is 9.02. The van der Waals surface area contributed by atoms with Gasteiger partial charge in [0, 0.05) is 37.9 Å². The highest BCUT2D eigenvalue weighted by Crippen LogP contribution is 2.15. The molecular weight excluding hydrogens is 334 g/mol. The maximum atomic E-state index is 12.5. The molecule has 7 heteroatoms. The predicted octanol–water partition coefficient (Wildman–Crippen LogP) is 2.03. The zero-order valence-corrected chi connectivity index (χ0v) is 15.7. The summed E-state index contributed by atoms with van der Waals surface area (Å²) in [5.41, 5.74) is 0.538. The topological polar surface area (TPSA) is 88.6 Å². The Morgan fingerprint density at radius 3 is 2.73 bits per heavy atom. The van der Waals surface area contributed by atoms with Crippen molar-refractivity contribution in [1.29, 1.82) is 0 Å².